The highest BCUT2D eigenvalue weighted by Crippen LogP contribution is 2.26. The summed E-state index contributed by atoms with van der Waals surface area (Å²) in [6.07, 6.45) is 1.50. The number of carbonyl (C=O) groups excluding carboxylic acids is 1. The lowest BCUT2D eigenvalue weighted by atomic mass is 10.1. The van der Waals surface area contributed by atoms with E-state index in [1.807, 2.05) is 36.4 Å². The highest BCUT2D eigenvalue weighted by molar-refractivity contribution is 6.10. The summed E-state index contributed by atoms with van der Waals surface area (Å²) in [5, 5.41) is 18.4. The molecule has 4 aromatic rings. The molecule has 0 aliphatic rings. The van der Waals surface area contributed by atoms with Gasteiger partial charge in [-0.1, -0.05) is 18.2 Å². The van der Waals surface area contributed by atoms with Gasteiger partial charge in [-0.25, -0.2) is 0 Å². The van der Waals surface area contributed by atoms with Gasteiger partial charge in [-0.2, -0.15) is 20.1 Å². The minimum absolute atomic E-state index is 0.283. The fraction of sp³-hybridized carbons (Fsp3) is 0.111. The predicted molar refractivity (Wildman–Crippen MR) is 97.0 cm³/mol. The van der Waals surface area contributed by atoms with Crippen molar-refractivity contribution in [3.8, 4) is 17.0 Å². The van der Waals surface area contributed by atoms with Crippen molar-refractivity contribution < 1.29 is 9.53 Å². The van der Waals surface area contributed by atoms with Crippen molar-refractivity contribution in [3.63, 3.8) is 0 Å². The van der Waals surface area contributed by atoms with Crippen LogP contribution < -0.4 is 10.1 Å². The first-order chi connectivity index (χ1) is 12.7. The Bertz CT molecular complexity index is 1100. The molecule has 0 saturated carbocycles. The average Bonchev–Trinajstić information content (AvgIpc) is 3.28. The summed E-state index contributed by atoms with van der Waals surface area (Å²) in [7, 11) is 3.34. The molecule has 0 spiro atoms. The van der Waals surface area contributed by atoms with E-state index in [1.54, 1.807) is 20.2 Å². The molecule has 26 heavy (non-hydrogen) atoms. The maximum absolute atomic E-state index is 12.8. The molecule has 4 rings (SSSR count). The monoisotopic (exact) mass is 348 g/mol. The number of carbonyl (C=O) groups is 1. The number of aryl methyl sites for hydroxylation is 1. The van der Waals surface area contributed by atoms with E-state index in [1.165, 1.54) is 11.0 Å². The Morgan fingerprint density at radius 1 is 1.19 bits per heavy atom. The molecule has 0 radical (unpaired) electrons. The smallest absolute Gasteiger partial charge is 0.259 e. The fourth-order valence-corrected chi connectivity index (χ4v) is 2.79. The molecule has 2 aromatic carbocycles. The van der Waals surface area contributed by atoms with E-state index < -0.39 is 0 Å². The molecule has 130 valence electrons. The lowest BCUT2D eigenvalue weighted by Gasteiger charge is -2.07. The molecular formula is C18H16N6O2. The lowest BCUT2D eigenvalue weighted by Crippen LogP contribution is -2.12. The summed E-state index contributed by atoms with van der Waals surface area (Å²) in [6, 6.07) is 12.9. The van der Waals surface area contributed by atoms with Crippen molar-refractivity contribution in [2.24, 2.45) is 7.05 Å². The van der Waals surface area contributed by atoms with Crippen molar-refractivity contribution in [1.82, 2.24) is 25.2 Å². The maximum Gasteiger partial charge on any atom is 0.259 e. The second-order valence-corrected chi connectivity index (χ2v) is 5.71. The first-order valence-corrected chi connectivity index (χ1v) is 7.95. The number of hydrogen-bond acceptors (Lipinski definition) is 5. The van der Waals surface area contributed by atoms with Gasteiger partial charge in [0.25, 0.3) is 5.91 Å². The van der Waals surface area contributed by atoms with Crippen LogP contribution >= 0.6 is 0 Å². The minimum Gasteiger partial charge on any atom is -0.497 e. The average molecular weight is 348 g/mol. The normalized spacial score (nSPS) is 10.8. The van der Waals surface area contributed by atoms with Gasteiger partial charge in [0.05, 0.1) is 30.3 Å². The van der Waals surface area contributed by atoms with Crippen LogP contribution in [0.15, 0.2) is 48.7 Å². The number of anilines is 1. The third-order valence-corrected chi connectivity index (χ3v) is 4.00. The number of H-pyrrole nitrogens is 1. The number of nitrogens with zero attached hydrogens (tertiary/aromatic N) is 4. The number of rotatable bonds is 4. The minimum atomic E-state index is -0.283. The zero-order valence-electron chi connectivity index (χ0n) is 14.2. The number of aromatic nitrogens is 5. The number of methoxy groups -OCH3 is 1. The Labute approximate surface area is 148 Å². The van der Waals surface area contributed by atoms with E-state index in [0.717, 1.165) is 5.56 Å². The van der Waals surface area contributed by atoms with Crippen molar-refractivity contribution in [2.45, 2.75) is 0 Å². The second-order valence-electron chi connectivity index (χ2n) is 5.71. The van der Waals surface area contributed by atoms with Crippen molar-refractivity contribution in [3.05, 3.63) is 54.2 Å². The zero-order valence-corrected chi connectivity index (χ0v) is 14.2. The molecule has 0 saturated heterocycles. The van der Waals surface area contributed by atoms with Gasteiger partial charge in [-0.15, -0.1) is 0 Å². The zero-order chi connectivity index (χ0) is 18.1. The van der Waals surface area contributed by atoms with E-state index >= 15 is 0 Å². The Morgan fingerprint density at radius 3 is 2.88 bits per heavy atom. The topological polar surface area (TPSA) is 97.7 Å². The van der Waals surface area contributed by atoms with E-state index in [9.17, 15) is 4.79 Å². The van der Waals surface area contributed by atoms with Crippen LogP contribution in [0.25, 0.3) is 22.3 Å². The predicted octanol–water partition coefficient (Wildman–Crippen LogP) is 2.62. The quantitative estimate of drug-likeness (QED) is 0.591. The molecule has 1 amide bonds. The van der Waals surface area contributed by atoms with Gasteiger partial charge in [-0.3, -0.25) is 9.89 Å². The van der Waals surface area contributed by atoms with Gasteiger partial charge >= 0.3 is 0 Å². The SMILES string of the molecule is COc1cccc(-c2[nH]ncc2C(=O)Nc2cccc3nn(C)nc23)c1. The molecule has 0 bridgehead atoms. The molecule has 0 aliphatic carbocycles. The van der Waals surface area contributed by atoms with Crippen molar-refractivity contribution in [1.29, 1.82) is 0 Å². The van der Waals surface area contributed by atoms with Gasteiger partial charge in [0, 0.05) is 12.6 Å². The Balaban J connectivity index is 1.68. The number of nitrogens with one attached hydrogen (secondary N) is 2. The number of amides is 1. The highest BCUT2D eigenvalue weighted by Gasteiger charge is 2.17. The van der Waals surface area contributed by atoms with Gasteiger partial charge in [0.15, 0.2) is 0 Å². The Kier molecular flexibility index (Phi) is 3.85. The molecule has 8 nitrogen and oxygen atoms in total. The van der Waals surface area contributed by atoms with Crippen LogP contribution in [0.5, 0.6) is 5.75 Å². The fourth-order valence-electron chi connectivity index (χ4n) is 2.79. The summed E-state index contributed by atoms with van der Waals surface area (Å²) in [6.45, 7) is 0. The molecule has 0 aliphatic heterocycles. The first kappa shape index (κ1) is 15.8. The number of fused-ring (bicyclic) bond motifs is 1. The van der Waals surface area contributed by atoms with Crippen LogP contribution in [0.2, 0.25) is 0 Å². The summed E-state index contributed by atoms with van der Waals surface area (Å²) in [5.74, 6) is 0.419. The highest BCUT2D eigenvalue weighted by atomic mass is 16.5. The van der Waals surface area contributed by atoms with Crippen LogP contribution in [-0.4, -0.2) is 38.2 Å². The first-order valence-electron chi connectivity index (χ1n) is 7.95. The van der Waals surface area contributed by atoms with Gasteiger partial charge in [0.1, 0.15) is 16.8 Å². The molecule has 0 unspecified atom stereocenters. The van der Waals surface area contributed by atoms with E-state index in [4.69, 9.17) is 4.74 Å². The lowest BCUT2D eigenvalue weighted by molar-refractivity contribution is 0.102. The molecule has 2 aromatic heterocycles. The summed E-state index contributed by atoms with van der Waals surface area (Å²) in [5.41, 5.74) is 3.80. The summed E-state index contributed by atoms with van der Waals surface area (Å²) in [4.78, 5) is 14.3. The van der Waals surface area contributed by atoms with Crippen LogP contribution in [0.4, 0.5) is 5.69 Å². The second kappa shape index (κ2) is 6.32. The molecule has 2 heterocycles. The van der Waals surface area contributed by atoms with E-state index in [-0.39, 0.29) is 5.91 Å². The molecule has 0 fully saturated rings. The Morgan fingerprint density at radius 2 is 2.04 bits per heavy atom. The van der Waals surface area contributed by atoms with Crippen LogP contribution in [0.3, 0.4) is 0 Å². The number of benzene rings is 2. The van der Waals surface area contributed by atoms with Crippen LogP contribution in [-0.2, 0) is 7.05 Å². The van der Waals surface area contributed by atoms with Crippen LogP contribution in [0.1, 0.15) is 10.4 Å². The Hall–Kier alpha value is -3.68. The van der Waals surface area contributed by atoms with Gasteiger partial charge < -0.3 is 10.1 Å². The third kappa shape index (κ3) is 2.77. The van der Waals surface area contributed by atoms with E-state index in [0.29, 0.717) is 33.7 Å². The summed E-state index contributed by atoms with van der Waals surface area (Å²) < 4.78 is 5.25. The van der Waals surface area contributed by atoms with Crippen molar-refractivity contribution in [2.75, 3.05) is 12.4 Å². The number of ether oxygens (including phenoxy) is 1. The number of hydrogen-bond donors (Lipinski definition) is 2. The maximum atomic E-state index is 12.8. The summed E-state index contributed by atoms with van der Waals surface area (Å²) >= 11 is 0. The molecule has 2 N–H and O–H groups in total. The van der Waals surface area contributed by atoms with Gasteiger partial charge in [-0.05, 0) is 24.3 Å². The standard InChI is InChI=1S/C18H16N6O2/c1-24-22-15-8-4-7-14(17(15)23-24)20-18(25)13-10-19-21-16(13)11-5-3-6-12(9-11)26-2/h3-10H,1-2H3,(H,19,21)(H,20,25). The van der Waals surface area contributed by atoms with Crippen LogP contribution in [0, 0.1) is 0 Å². The van der Waals surface area contributed by atoms with E-state index in [2.05, 4.69) is 25.7 Å². The molecule has 0 atom stereocenters. The molecule has 8 heteroatoms. The van der Waals surface area contributed by atoms with Gasteiger partial charge in [0.2, 0.25) is 0 Å². The largest absolute Gasteiger partial charge is 0.497 e. The number of aromatic amines is 1. The van der Waals surface area contributed by atoms with Crippen molar-refractivity contribution >= 4 is 22.6 Å². The molecular weight excluding hydrogens is 332 g/mol. The third-order valence-electron chi connectivity index (χ3n) is 4.00.